The zero-order valence-corrected chi connectivity index (χ0v) is 20.2. The number of hydrogen-bond acceptors (Lipinski definition) is 4. The van der Waals surface area contributed by atoms with E-state index in [-0.39, 0.29) is 6.10 Å². The Balaban J connectivity index is 1.29. The van der Waals surface area contributed by atoms with Gasteiger partial charge < -0.3 is 15.2 Å². The highest BCUT2D eigenvalue weighted by Crippen LogP contribution is 2.27. The fourth-order valence-corrected chi connectivity index (χ4v) is 5.13. The van der Waals surface area contributed by atoms with Crippen molar-refractivity contribution in [1.29, 1.82) is 0 Å². The van der Waals surface area contributed by atoms with Gasteiger partial charge in [-0.15, -0.1) is 0 Å². The Morgan fingerprint density at radius 1 is 1.03 bits per heavy atom. The average Bonchev–Trinajstić information content (AvgIpc) is 2.89. The number of ether oxygens (including phenoxy) is 1. The normalized spacial score (nSPS) is 15.5. The maximum absolute atomic E-state index is 13.7. The minimum atomic E-state index is -0.503. The van der Waals surface area contributed by atoms with E-state index in [1.807, 2.05) is 18.2 Å². The molecule has 0 saturated carbocycles. The molecular weight excluding hydrogens is 427 g/mol. The first-order valence-corrected chi connectivity index (χ1v) is 12.6. The van der Waals surface area contributed by atoms with Gasteiger partial charge in [0.1, 0.15) is 12.4 Å². The number of methoxy groups -OCH3 is 1. The van der Waals surface area contributed by atoms with Gasteiger partial charge in [-0.3, -0.25) is 4.98 Å². The Kier molecular flexibility index (Phi) is 8.89. The van der Waals surface area contributed by atoms with Crippen LogP contribution in [0.1, 0.15) is 54.4 Å². The number of nitrogens with one attached hydrogen (secondary N) is 1. The predicted octanol–water partition coefficient (Wildman–Crippen LogP) is 5.57. The van der Waals surface area contributed by atoms with Crippen LogP contribution in [0.5, 0.6) is 5.75 Å². The quantitative estimate of drug-likeness (QED) is 0.389. The molecule has 2 aromatic carbocycles. The Morgan fingerprint density at radius 2 is 1.74 bits per heavy atom. The van der Waals surface area contributed by atoms with Crippen LogP contribution in [0, 0.1) is 5.92 Å². The molecule has 2 heterocycles. The van der Waals surface area contributed by atoms with E-state index < -0.39 is 6.67 Å². The van der Waals surface area contributed by atoms with Gasteiger partial charge in [-0.05, 0) is 105 Å². The number of hydrogen-bond donors (Lipinski definition) is 2. The summed E-state index contributed by atoms with van der Waals surface area (Å²) < 4.78 is 19.0. The Labute approximate surface area is 202 Å². The van der Waals surface area contributed by atoms with Gasteiger partial charge in [-0.25, -0.2) is 4.39 Å². The van der Waals surface area contributed by atoms with Crippen LogP contribution in [-0.4, -0.2) is 36.4 Å². The second kappa shape index (κ2) is 12.3. The molecule has 4 rings (SSSR count). The van der Waals surface area contributed by atoms with Gasteiger partial charge in [0.25, 0.3) is 0 Å². The van der Waals surface area contributed by atoms with Crippen LogP contribution in [0.25, 0.3) is 10.9 Å². The molecule has 0 spiro atoms. The van der Waals surface area contributed by atoms with E-state index in [0.29, 0.717) is 11.5 Å². The number of rotatable bonds is 11. The number of aromatic nitrogens is 1. The number of nitrogens with zero attached hydrogens (tertiary/aromatic N) is 1. The molecule has 4 nitrogen and oxygen atoms in total. The van der Waals surface area contributed by atoms with Crippen molar-refractivity contribution in [3.8, 4) is 5.75 Å². The lowest BCUT2D eigenvalue weighted by Crippen LogP contribution is -2.34. The number of piperidine rings is 1. The topological polar surface area (TPSA) is 54.4 Å². The summed E-state index contributed by atoms with van der Waals surface area (Å²) in [6, 6.07) is 14.6. The van der Waals surface area contributed by atoms with Gasteiger partial charge in [0.15, 0.2) is 0 Å². The maximum Gasteiger partial charge on any atom is 0.119 e. The van der Waals surface area contributed by atoms with Gasteiger partial charge in [0.2, 0.25) is 0 Å². The van der Waals surface area contributed by atoms with E-state index in [0.717, 1.165) is 86.7 Å². The molecule has 1 unspecified atom stereocenters. The number of alkyl halides is 1. The lowest BCUT2D eigenvalue weighted by Gasteiger charge is -2.27. The fraction of sp³-hybridized carbons (Fsp3) is 0.483. The van der Waals surface area contributed by atoms with E-state index in [1.54, 1.807) is 13.3 Å². The van der Waals surface area contributed by atoms with E-state index >= 15 is 0 Å². The molecule has 34 heavy (non-hydrogen) atoms. The van der Waals surface area contributed by atoms with E-state index in [9.17, 15) is 9.50 Å². The zero-order valence-electron chi connectivity index (χ0n) is 20.2. The highest BCUT2D eigenvalue weighted by atomic mass is 19.1. The number of aliphatic hydroxyl groups is 1. The largest absolute Gasteiger partial charge is 0.497 e. The summed E-state index contributed by atoms with van der Waals surface area (Å²) in [7, 11) is 1.65. The third-order valence-corrected chi connectivity index (χ3v) is 7.23. The van der Waals surface area contributed by atoms with Crippen molar-refractivity contribution >= 4 is 10.9 Å². The second-order valence-electron chi connectivity index (χ2n) is 9.50. The number of benzene rings is 2. The SMILES string of the molecule is COc1ccc2ncc(CF)c(CCCc3ccc(CCCC(O)C4CCNCC4)cc3)c2c1. The molecule has 182 valence electrons. The van der Waals surface area contributed by atoms with Crippen LogP contribution >= 0.6 is 0 Å². The number of halogens is 1. The Bertz CT molecular complexity index is 1040. The molecule has 1 atom stereocenters. The van der Waals surface area contributed by atoms with E-state index in [2.05, 4.69) is 34.6 Å². The summed E-state index contributed by atoms with van der Waals surface area (Å²) in [5, 5.41) is 14.8. The van der Waals surface area contributed by atoms with Crippen molar-refractivity contribution in [1.82, 2.24) is 10.3 Å². The van der Waals surface area contributed by atoms with Crippen molar-refractivity contribution in [2.45, 2.75) is 64.1 Å². The molecule has 1 aliphatic rings. The van der Waals surface area contributed by atoms with Crippen molar-refractivity contribution < 1.29 is 14.2 Å². The van der Waals surface area contributed by atoms with Crippen LogP contribution in [0.2, 0.25) is 0 Å². The molecule has 5 heteroatoms. The fourth-order valence-electron chi connectivity index (χ4n) is 5.13. The minimum absolute atomic E-state index is 0.167. The highest BCUT2D eigenvalue weighted by Gasteiger charge is 2.20. The van der Waals surface area contributed by atoms with Gasteiger partial charge >= 0.3 is 0 Å². The molecule has 1 aromatic heterocycles. The third-order valence-electron chi connectivity index (χ3n) is 7.23. The highest BCUT2D eigenvalue weighted by molar-refractivity contribution is 5.84. The zero-order chi connectivity index (χ0) is 23.8. The summed E-state index contributed by atoms with van der Waals surface area (Å²) in [6.45, 7) is 1.56. The van der Waals surface area contributed by atoms with Crippen molar-refractivity contribution in [3.05, 3.63) is 70.9 Å². The van der Waals surface area contributed by atoms with Gasteiger partial charge in [0, 0.05) is 17.1 Å². The first-order chi connectivity index (χ1) is 16.7. The minimum Gasteiger partial charge on any atom is -0.497 e. The van der Waals surface area contributed by atoms with E-state index in [4.69, 9.17) is 4.74 Å². The van der Waals surface area contributed by atoms with Crippen LogP contribution in [0.3, 0.4) is 0 Å². The Hall–Kier alpha value is -2.50. The first-order valence-electron chi connectivity index (χ1n) is 12.6. The lowest BCUT2D eigenvalue weighted by atomic mass is 9.89. The Morgan fingerprint density at radius 3 is 2.41 bits per heavy atom. The molecule has 0 radical (unpaired) electrons. The first kappa shape index (κ1) is 24.6. The molecular formula is C29H37FN2O2. The number of pyridine rings is 1. The van der Waals surface area contributed by atoms with Gasteiger partial charge in [-0.1, -0.05) is 24.3 Å². The number of aliphatic hydroxyl groups excluding tert-OH is 1. The number of aryl methyl sites for hydroxylation is 3. The van der Waals surface area contributed by atoms with Crippen molar-refractivity contribution in [3.63, 3.8) is 0 Å². The number of fused-ring (bicyclic) bond motifs is 1. The summed E-state index contributed by atoms with van der Waals surface area (Å²) in [5.74, 6) is 1.23. The molecule has 0 bridgehead atoms. The average molecular weight is 465 g/mol. The molecule has 1 fully saturated rings. The smallest absolute Gasteiger partial charge is 0.119 e. The predicted molar refractivity (Wildman–Crippen MR) is 136 cm³/mol. The maximum atomic E-state index is 13.7. The molecule has 2 N–H and O–H groups in total. The summed E-state index contributed by atoms with van der Waals surface area (Å²) >= 11 is 0. The van der Waals surface area contributed by atoms with Crippen molar-refractivity contribution in [2.24, 2.45) is 5.92 Å². The molecule has 1 saturated heterocycles. The lowest BCUT2D eigenvalue weighted by molar-refractivity contribution is 0.0793. The second-order valence-corrected chi connectivity index (χ2v) is 9.50. The molecule has 0 aliphatic carbocycles. The monoisotopic (exact) mass is 464 g/mol. The van der Waals surface area contributed by atoms with Crippen LogP contribution in [0.4, 0.5) is 4.39 Å². The van der Waals surface area contributed by atoms with Gasteiger partial charge in [-0.2, -0.15) is 0 Å². The molecule has 3 aromatic rings. The molecule has 1 aliphatic heterocycles. The van der Waals surface area contributed by atoms with Crippen LogP contribution < -0.4 is 10.1 Å². The van der Waals surface area contributed by atoms with Crippen LogP contribution in [-0.2, 0) is 25.9 Å². The van der Waals surface area contributed by atoms with Crippen LogP contribution in [0.15, 0.2) is 48.7 Å². The van der Waals surface area contributed by atoms with E-state index in [1.165, 1.54) is 11.1 Å². The van der Waals surface area contributed by atoms with Gasteiger partial charge in [0.05, 0.1) is 18.7 Å². The van der Waals surface area contributed by atoms with Crippen molar-refractivity contribution in [2.75, 3.05) is 20.2 Å². The summed E-state index contributed by atoms with van der Waals surface area (Å²) in [4.78, 5) is 4.41. The summed E-state index contributed by atoms with van der Waals surface area (Å²) in [6.07, 6.45) is 9.30. The standard InChI is InChI=1S/C29H37FN2O2/c1-34-25-12-13-28-27(18-25)26(24(19-30)20-32-28)6-2-4-21-8-10-22(11-9-21)5-3-7-29(33)23-14-16-31-17-15-23/h8-13,18,20,23,29,31,33H,2-7,14-17,19H2,1H3. The summed E-state index contributed by atoms with van der Waals surface area (Å²) in [5.41, 5.74) is 5.21. The third kappa shape index (κ3) is 6.34. The molecule has 0 amide bonds.